The number of nitrogens with zero attached hydrogens (tertiary/aromatic N) is 2. The summed E-state index contributed by atoms with van der Waals surface area (Å²) < 4.78 is 2.13. The second-order valence-electron chi connectivity index (χ2n) is 5.61. The Morgan fingerprint density at radius 3 is 2.65 bits per heavy atom. The smallest absolute Gasteiger partial charge is 0.0522 e. The third kappa shape index (κ3) is 5.87. The highest BCUT2D eigenvalue weighted by Gasteiger charge is 2.03. The summed E-state index contributed by atoms with van der Waals surface area (Å²) in [6.45, 7) is 12.0. The normalized spacial score (nSPS) is 11.6. The topological polar surface area (TPSA) is 29.9 Å². The molecule has 1 N–H and O–H groups in total. The zero-order valence-corrected chi connectivity index (χ0v) is 11.7. The second kappa shape index (κ2) is 7.49. The Hall–Kier alpha value is -0.830. The van der Waals surface area contributed by atoms with Gasteiger partial charge in [0.05, 0.1) is 5.69 Å². The molecule has 0 saturated carbocycles. The van der Waals surface area contributed by atoms with Crippen molar-refractivity contribution < 1.29 is 0 Å². The number of aryl methyl sites for hydroxylation is 1. The van der Waals surface area contributed by atoms with E-state index < -0.39 is 0 Å². The summed E-state index contributed by atoms with van der Waals surface area (Å²) in [5.74, 6) is 1.49. The van der Waals surface area contributed by atoms with Crippen molar-refractivity contribution in [2.75, 3.05) is 6.54 Å². The van der Waals surface area contributed by atoms with Crippen molar-refractivity contribution in [1.82, 2.24) is 15.1 Å². The number of hydrogen-bond acceptors (Lipinski definition) is 2. The molecule has 0 unspecified atom stereocenters. The minimum Gasteiger partial charge on any atom is -0.311 e. The fraction of sp³-hybridized carbons (Fsp3) is 0.786. The SMILES string of the molecule is CC(C)CCCn1nccc1CNCC(C)C. The molecule has 3 heteroatoms. The van der Waals surface area contributed by atoms with Gasteiger partial charge in [0.1, 0.15) is 0 Å². The van der Waals surface area contributed by atoms with Crippen LogP contribution in [0.2, 0.25) is 0 Å². The molecule has 0 aliphatic heterocycles. The average Bonchev–Trinajstić information content (AvgIpc) is 2.65. The Bertz CT molecular complexity index is 274. The molecule has 17 heavy (non-hydrogen) atoms. The number of nitrogens with one attached hydrogen (secondary N) is 1. The lowest BCUT2D eigenvalue weighted by Gasteiger charge is -2.10. The van der Waals surface area contributed by atoms with Crippen molar-refractivity contribution in [3.8, 4) is 0 Å². The first-order valence-corrected chi connectivity index (χ1v) is 6.81. The zero-order valence-electron chi connectivity index (χ0n) is 11.7. The Morgan fingerprint density at radius 2 is 2.00 bits per heavy atom. The third-order valence-corrected chi connectivity index (χ3v) is 2.81. The molecule has 0 spiro atoms. The quantitative estimate of drug-likeness (QED) is 0.753. The fourth-order valence-corrected chi connectivity index (χ4v) is 1.85. The van der Waals surface area contributed by atoms with Crippen LogP contribution in [0.15, 0.2) is 12.3 Å². The largest absolute Gasteiger partial charge is 0.311 e. The molecular weight excluding hydrogens is 210 g/mol. The predicted molar refractivity (Wildman–Crippen MR) is 72.8 cm³/mol. The maximum absolute atomic E-state index is 4.39. The van der Waals surface area contributed by atoms with Gasteiger partial charge in [0, 0.05) is 19.3 Å². The van der Waals surface area contributed by atoms with Crippen LogP contribution in [-0.4, -0.2) is 16.3 Å². The zero-order chi connectivity index (χ0) is 12.7. The van der Waals surface area contributed by atoms with Crippen LogP contribution in [0.1, 0.15) is 46.2 Å². The minimum absolute atomic E-state index is 0.701. The Morgan fingerprint density at radius 1 is 1.24 bits per heavy atom. The summed E-state index contributed by atoms with van der Waals surface area (Å²) in [4.78, 5) is 0. The van der Waals surface area contributed by atoms with Gasteiger partial charge in [0.25, 0.3) is 0 Å². The van der Waals surface area contributed by atoms with E-state index in [1.54, 1.807) is 0 Å². The first-order valence-electron chi connectivity index (χ1n) is 6.81. The summed E-state index contributed by atoms with van der Waals surface area (Å²) in [6.07, 6.45) is 4.40. The lowest BCUT2D eigenvalue weighted by molar-refractivity contribution is 0.468. The van der Waals surface area contributed by atoms with Crippen LogP contribution in [0, 0.1) is 11.8 Å². The van der Waals surface area contributed by atoms with E-state index in [1.165, 1.54) is 18.5 Å². The van der Waals surface area contributed by atoms with Gasteiger partial charge in [-0.3, -0.25) is 4.68 Å². The van der Waals surface area contributed by atoms with E-state index in [0.717, 1.165) is 25.6 Å². The van der Waals surface area contributed by atoms with Gasteiger partial charge in [0.2, 0.25) is 0 Å². The van der Waals surface area contributed by atoms with Crippen LogP contribution in [-0.2, 0) is 13.1 Å². The van der Waals surface area contributed by atoms with Crippen molar-refractivity contribution in [2.24, 2.45) is 11.8 Å². The van der Waals surface area contributed by atoms with Crippen LogP contribution in [0.4, 0.5) is 0 Å². The van der Waals surface area contributed by atoms with Crippen LogP contribution in [0.3, 0.4) is 0 Å². The summed E-state index contributed by atoms with van der Waals surface area (Å²) >= 11 is 0. The van der Waals surface area contributed by atoms with Gasteiger partial charge in [-0.2, -0.15) is 5.10 Å². The monoisotopic (exact) mass is 237 g/mol. The maximum Gasteiger partial charge on any atom is 0.0522 e. The van der Waals surface area contributed by atoms with Gasteiger partial charge in [-0.05, 0) is 37.3 Å². The van der Waals surface area contributed by atoms with Gasteiger partial charge in [-0.25, -0.2) is 0 Å². The Balaban J connectivity index is 2.32. The van der Waals surface area contributed by atoms with E-state index in [1.807, 2.05) is 6.20 Å². The molecule has 0 saturated heterocycles. The van der Waals surface area contributed by atoms with Gasteiger partial charge in [-0.15, -0.1) is 0 Å². The summed E-state index contributed by atoms with van der Waals surface area (Å²) in [5.41, 5.74) is 1.30. The molecular formula is C14H27N3. The summed E-state index contributed by atoms with van der Waals surface area (Å²) in [5, 5.41) is 7.85. The van der Waals surface area contributed by atoms with E-state index >= 15 is 0 Å². The fourth-order valence-electron chi connectivity index (χ4n) is 1.85. The summed E-state index contributed by atoms with van der Waals surface area (Å²) in [7, 11) is 0. The van der Waals surface area contributed by atoms with Crippen molar-refractivity contribution in [2.45, 2.75) is 53.6 Å². The molecule has 1 heterocycles. The molecule has 1 aromatic rings. The van der Waals surface area contributed by atoms with Crippen molar-refractivity contribution in [1.29, 1.82) is 0 Å². The minimum atomic E-state index is 0.701. The van der Waals surface area contributed by atoms with Crippen LogP contribution >= 0.6 is 0 Å². The highest BCUT2D eigenvalue weighted by Crippen LogP contribution is 2.07. The molecule has 0 radical (unpaired) electrons. The van der Waals surface area contributed by atoms with Gasteiger partial charge in [0.15, 0.2) is 0 Å². The molecule has 0 aliphatic rings. The average molecular weight is 237 g/mol. The molecule has 0 fully saturated rings. The highest BCUT2D eigenvalue weighted by molar-refractivity contribution is 4.99. The third-order valence-electron chi connectivity index (χ3n) is 2.81. The molecule has 0 aliphatic carbocycles. The lowest BCUT2D eigenvalue weighted by Crippen LogP contribution is -2.21. The first kappa shape index (κ1) is 14.2. The molecule has 3 nitrogen and oxygen atoms in total. The number of rotatable bonds is 8. The van der Waals surface area contributed by atoms with Crippen LogP contribution in [0.5, 0.6) is 0 Å². The Labute approximate surface area is 106 Å². The van der Waals surface area contributed by atoms with Crippen LogP contribution < -0.4 is 5.32 Å². The molecule has 1 aromatic heterocycles. The van der Waals surface area contributed by atoms with E-state index in [0.29, 0.717) is 5.92 Å². The second-order valence-corrected chi connectivity index (χ2v) is 5.61. The maximum atomic E-state index is 4.39. The first-order chi connectivity index (χ1) is 8.09. The number of aromatic nitrogens is 2. The molecule has 0 aromatic carbocycles. The molecule has 1 rings (SSSR count). The summed E-state index contributed by atoms with van der Waals surface area (Å²) in [6, 6.07) is 2.11. The standard InChI is InChI=1S/C14H27N3/c1-12(2)6-5-9-17-14(7-8-16-17)11-15-10-13(3)4/h7-8,12-13,15H,5-6,9-11H2,1-4H3. The molecule has 0 amide bonds. The van der Waals surface area contributed by atoms with Crippen LogP contribution in [0.25, 0.3) is 0 Å². The van der Waals surface area contributed by atoms with Crippen molar-refractivity contribution in [3.63, 3.8) is 0 Å². The predicted octanol–water partition coefficient (Wildman–Crippen LogP) is 3.06. The van der Waals surface area contributed by atoms with Gasteiger partial charge >= 0.3 is 0 Å². The molecule has 98 valence electrons. The number of hydrogen-bond donors (Lipinski definition) is 1. The van der Waals surface area contributed by atoms with Gasteiger partial charge in [-0.1, -0.05) is 27.7 Å². The van der Waals surface area contributed by atoms with E-state index in [2.05, 4.69) is 48.9 Å². The van der Waals surface area contributed by atoms with E-state index in [4.69, 9.17) is 0 Å². The Kier molecular flexibility index (Phi) is 6.27. The van der Waals surface area contributed by atoms with Gasteiger partial charge < -0.3 is 5.32 Å². The van der Waals surface area contributed by atoms with E-state index in [9.17, 15) is 0 Å². The lowest BCUT2D eigenvalue weighted by atomic mass is 10.1. The van der Waals surface area contributed by atoms with Crippen molar-refractivity contribution in [3.05, 3.63) is 18.0 Å². The molecule has 0 atom stereocenters. The highest BCUT2D eigenvalue weighted by atomic mass is 15.3. The van der Waals surface area contributed by atoms with Crippen molar-refractivity contribution >= 4 is 0 Å². The van der Waals surface area contributed by atoms with E-state index in [-0.39, 0.29) is 0 Å². The molecule has 0 bridgehead atoms.